The molecule has 2 fully saturated rings. The van der Waals surface area contributed by atoms with Crippen molar-refractivity contribution in [3.63, 3.8) is 0 Å². The molecular formula is C14H27N3O2. The van der Waals surface area contributed by atoms with Crippen LogP contribution in [0.3, 0.4) is 0 Å². The summed E-state index contributed by atoms with van der Waals surface area (Å²) in [6.07, 6.45) is 4.96. The number of guanidine groups is 1. The van der Waals surface area contributed by atoms with Crippen LogP contribution in [0.5, 0.6) is 0 Å². The van der Waals surface area contributed by atoms with Crippen LogP contribution < -0.4 is 5.73 Å². The quantitative estimate of drug-likeness (QED) is 0.447. The molecule has 1 aliphatic heterocycles. The van der Waals surface area contributed by atoms with Crippen molar-refractivity contribution in [1.29, 1.82) is 0 Å². The molecular weight excluding hydrogens is 242 g/mol. The second-order valence-corrected chi connectivity index (χ2v) is 5.57. The number of ether oxygens (including phenoxy) is 2. The third kappa shape index (κ3) is 4.08. The number of hydrogen-bond acceptors (Lipinski definition) is 3. The third-order valence-corrected chi connectivity index (χ3v) is 4.31. The Labute approximate surface area is 116 Å². The lowest BCUT2D eigenvalue weighted by atomic mass is 9.67. The van der Waals surface area contributed by atoms with E-state index < -0.39 is 0 Å². The SMILES string of the molecule is CCOCCC1(CN=C(N)N2CCOCC2)CCC1. The molecule has 0 atom stereocenters. The van der Waals surface area contributed by atoms with E-state index in [1.54, 1.807) is 0 Å². The molecule has 0 amide bonds. The van der Waals surface area contributed by atoms with Crippen molar-refractivity contribution >= 4 is 5.96 Å². The van der Waals surface area contributed by atoms with Crippen LogP contribution >= 0.6 is 0 Å². The molecule has 1 saturated heterocycles. The van der Waals surface area contributed by atoms with Crippen molar-refractivity contribution in [2.75, 3.05) is 46.1 Å². The van der Waals surface area contributed by atoms with Gasteiger partial charge in [-0.05, 0) is 31.6 Å². The lowest BCUT2D eigenvalue weighted by molar-refractivity contribution is 0.0585. The van der Waals surface area contributed by atoms with Crippen LogP contribution in [0, 0.1) is 5.41 Å². The fraction of sp³-hybridized carbons (Fsp3) is 0.929. The Bertz CT molecular complexity index is 297. The summed E-state index contributed by atoms with van der Waals surface area (Å²) < 4.78 is 10.8. The first-order valence-electron chi connectivity index (χ1n) is 7.46. The van der Waals surface area contributed by atoms with E-state index in [2.05, 4.69) is 9.89 Å². The molecule has 0 bridgehead atoms. The van der Waals surface area contributed by atoms with E-state index in [0.29, 0.717) is 11.4 Å². The summed E-state index contributed by atoms with van der Waals surface area (Å²) in [5, 5.41) is 0. The zero-order valence-electron chi connectivity index (χ0n) is 12.1. The normalized spacial score (nSPS) is 23.2. The van der Waals surface area contributed by atoms with Gasteiger partial charge in [-0.25, -0.2) is 0 Å². The van der Waals surface area contributed by atoms with Crippen LogP contribution in [0.4, 0.5) is 0 Å². The Hall–Kier alpha value is -0.810. The van der Waals surface area contributed by atoms with Crippen molar-refractivity contribution < 1.29 is 9.47 Å². The summed E-state index contributed by atoms with van der Waals surface area (Å²) in [4.78, 5) is 6.75. The van der Waals surface area contributed by atoms with Crippen molar-refractivity contribution in [2.24, 2.45) is 16.1 Å². The van der Waals surface area contributed by atoms with Crippen LogP contribution in [-0.4, -0.2) is 56.9 Å². The van der Waals surface area contributed by atoms with Gasteiger partial charge in [-0.15, -0.1) is 0 Å². The number of hydrogen-bond donors (Lipinski definition) is 1. The molecule has 0 aromatic carbocycles. The van der Waals surface area contributed by atoms with Gasteiger partial charge < -0.3 is 20.1 Å². The fourth-order valence-electron chi connectivity index (χ4n) is 2.74. The minimum Gasteiger partial charge on any atom is -0.382 e. The van der Waals surface area contributed by atoms with Gasteiger partial charge in [-0.3, -0.25) is 4.99 Å². The molecule has 2 N–H and O–H groups in total. The van der Waals surface area contributed by atoms with Crippen molar-refractivity contribution in [2.45, 2.75) is 32.6 Å². The first-order chi connectivity index (χ1) is 9.26. The molecule has 1 heterocycles. The summed E-state index contributed by atoms with van der Waals surface area (Å²) in [7, 11) is 0. The maximum Gasteiger partial charge on any atom is 0.191 e. The molecule has 0 aromatic heterocycles. The van der Waals surface area contributed by atoms with Crippen LogP contribution in [0.15, 0.2) is 4.99 Å². The molecule has 5 nitrogen and oxygen atoms in total. The Kier molecular flexibility index (Phi) is 5.45. The van der Waals surface area contributed by atoms with Crippen molar-refractivity contribution in [1.82, 2.24) is 4.90 Å². The van der Waals surface area contributed by atoms with Crippen LogP contribution in [0.25, 0.3) is 0 Å². The maximum absolute atomic E-state index is 6.08. The van der Waals surface area contributed by atoms with Gasteiger partial charge >= 0.3 is 0 Å². The molecule has 0 spiro atoms. The molecule has 110 valence electrons. The second kappa shape index (κ2) is 7.10. The molecule has 0 unspecified atom stereocenters. The van der Waals surface area contributed by atoms with Gasteiger partial charge in [0.1, 0.15) is 0 Å². The number of morpholine rings is 1. The number of aliphatic imine (C=N–C) groups is 1. The van der Waals surface area contributed by atoms with Crippen LogP contribution in [-0.2, 0) is 9.47 Å². The smallest absolute Gasteiger partial charge is 0.191 e. The van der Waals surface area contributed by atoms with E-state index in [9.17, 15) is 0 Å². The van der Waals surface area contributed by atoms with E-state index in [1.165, 1.54) is 19.3 Å². The Balaban J connectivity index is 1.80. The topological polar surface area (TPSA) is 60.1 Å². The lowest BCUT2D eigenvalue weighted by Crippen LogP contribution is -2.45. The highest BCUT2D eigenvalue weighted by atomic mass is 16.5. The molecule has 5 heteroatoms. The van der Waals surface area contributed by atoms with Gasteiger partial charge in [0.2, 0.25) is 0 Å². The average Bonchev–Trinajstić information content (AvgIpc) is 2.41. The molecule has 0 radical (unpaired) electrons. The largest absolute Gasteiger partial charge is 0.382 e. The van der Waals surface area contributed by atoms with Crippen LogP contribution in [0.1, 0.15) is 32.6 Å². The summed E-state index contributed by atoms with van der Waals surface area (Å²) in [6.45, 7) is 7.78. The fourth-order valence-corrected chi connectivity index (χ4v) is 2.74. The number of nitrogens with zero attached hydrogens (tertiary/aromatic N) is 2. The Morgan fingerprint density at radius 3 is 2.68 bits per heavy atom. The Morgan fingerprint density at radius 2 is 2.11 bits per heavy atom. The number of nitrogens with two attached hydrogens (primary N) is 1. The molecule has 19 heavy (non-hydrogen) atoms. The van der Waals surface area contributed by atoms with Gasteiger partial charge in [0, 0.05) is 32.8 Å². The summed E-state index contributed by atoms with van der Waals surface area (Å²) in [6, 6.07) is 0. The monoisotopic (exact) mass is 269 g/mol. The van der Waals surface area contributed by atoms with E-state index in [-0.39, 0.29) is 0 Å². The van der Waals surface area contributed by atoms with Crippen LogP contribution in [0.2, 0.25) is 0 Å². The molecule has 0 aromatic rings. The number of rotatable bonds is 6. The second-order valence-electron chi connectivity index (χ2n) is 5.57. The zero-order chi connectivity index (χ0) is 13.6. The highest BCUT2D eigenvalue weighted by molar-refractivity contribution is 5.78. The molecule has 2 rings (SSSR count). The van der Waals surface area contributed by atoms with E-state index in [1.807, 2.05) is 6.92 Å². The Morgan fingerprint density at radius 1 is 1.37 bits per heavy atom. The molecule has 2 aliphatic rings. The standard InChI is InChI=1S/C14H27N3O2/c1-2-18-9-6-14(4-3-5-14)12-16-13(15)17-7-10-19-11-8-17/h2-12H2,1H3,(H2,15,16). The van der Waals surface area contributed by atoms with Crippen molar-refractivity contribution in [3.05, 3.63) is 0 Å². The van der Waals surface area contributed by atoms with Gasteiger partial charge in [-0.2, -0.15) is 0 Å². The average molecular weight is 269 g/mol. The molecule has 1 saturated carbocycles. The first kappa shape index (κ1) is 14.6. The maximum atomic E-state index is 6.08. The van der Waals surface area contributed by atoms with E-state index in [4.69, 9.17) is 15.2 Å². The zero-order valence-corrected chi connectivity index (χ0v) is 12.1. The third-order valence-electron chi connectivity index (χ3n) is 4.31. The highest BCUT2D eigenvalue weighted by Crippen LogP contribution is 2.44. The first-order valence-corrected chi connectivity index (χ1v) is 7.46. The minimum atomic E-state index is 0.353. The summed E-state index contributed by atoms with van der Waals surface area (Å²) >= 11 is 0. The van der Waals surface area contributed by atoms with E-state index in [0.717, 1.165) is 52.5 Å². The summed E-state index contributed by atoms with van der Waals surface area (Å²) in [5.74, 6) is 0.686. The predicted molar refractivity (Wildman–Crippen MR) is 76.3 cm³/mol. The van der Waals surface area contributed by atoms with Crippen molar-refractivity contribution in [3.8, 4) is 0 Å². The van der Waals surface area contributed by atoms with E-state index >= 15 is 0 Å². The predicted octanol–water partition coefficient (Wildman–Crippen LogP) is 1.23. The van der Waals surface area contributed by atoms with Gasteiger partial charge in [-0.1, -0.05) is 6.42 Å². The van der Waals surface area contributed by atoms with Gasteiger partial charge in [0.05, 0.1) is 13.2 Å². The minimum absolute atomic E-state index is 0.353. The van der Waals surface area contributed by atoms with Gasteiger partial charge in [0.15, 0.2) is 5.96 Å². The highest BCUT2D eigenvalue weighted by Gasteiger charge is 2.36. The van der Waals surface area contributed by atoms with Gasteiger partial charge in [0.25, 0.3) is 0 Å². The lowest BCUT2D eigenvalue weighted by Gasteiger charge is -2.41. The molecule has 1 aliphatic carbocycles. The summed E-state index contributed by atoms with van der Waals surface area (Å²) in [5.41, 5.74) is 6.43.